The van der Waals surface area contributed by atoms with E-state index in [0.29, 0.717) is 30.5 Å². The molecule has 1 aromatic carbocycles. The van der Waals surface area contributed by atoms with Crippen LogP contribution in [0.15, 0.2) is 49.1 Å². The summed E-state index contributed by atoms with van der Waals surface area (Å²) < 4.78 is 6.97. The van der Waals surface area contributed by atoms with Gasteiger partial charge in [0.25, 0.3) is 0 Å². The van der Waals surface area contributed by atoms with Crippen molar-refractivity contribution < 1.29 is 14.6 Å². The molecule has 3 aromatic rings. The largest absolute Gasteiger partial charge is 0.480 e. The monoisotopic (exact) mass is 365 g/mol. The number of rotatable bonds is 5. The van der Waals surface area contributed by atoms with Crippen LogP contribution in [0.3, 0.4) is 0 Å². The zero-order chi connectivity index (χ0) is 18.6. The van der Waals surface area contributed by atoms with E-state index in [4.69, 9.17) is 4.74 Å². The highest BCUT2D eigenvalue weighted by atomic mass is 16.5. The second kappa shape index (κ2) is 7.55. The summed E-state index contributed by atoms with van der Waals surface area (Å²) in [6, 6.07) is 9.66. The van der Waals surface area contributed by atoms with Gasteiger partial charge in [-0.3, -0.25) is 4.79 Å². The predicted molar refractivity (Wildman–Crippen MR) is 99.4 cm³/mol. The number of carboxylic acid groups (broad SMARTS) is 1. The summed E-state index contributed by atoms with van der Waals surface area (Å²) in [4.78, 5) is 26.7. The number of aromatic nitrogens is 4. The molecule has 0 bridgehead atoms. The van der Waals surface area contributed by atoms with Crippen LogP contribution in [0.2, 0.25) is 0 Å². The number of morpholine rings is 1. The SMILES string of the molecule is O=C(O)Cn1cnc(-c2ccccc2)c1-c1cnc(N2CCOCC2)nc1. The highest BCUT2D eigenvalue weighted by Gasteiger charge is 2.19. The molecule has 8 nitrogen and oxygen atoms in total. The van der Waals surface area contributed by atoms with E-state index in [1.165, 1.54) is 0 Å². The van der Waals surface area contributed by atoms with Crippen LogP contribution in [-0.4, -0.2) is 56.9 Å². The Morgan fingerprint density at radius 1 is 1.04 bits per heavy atom. The van der Waals surface area contributed by atoms with Gasteiger partial charge in [-0.1, -0.05) is 30.3 Å². The average Bonchev–Trinajstić information content (AvgIpc) is 3.12. The lowest BCUT2D eigenvalue weighted by Crippen LogP contribution is -2.37. The molecule has 1 saturated heterocycles. The molecule has 0 saturated carbocycles. The van der Waals surface area contributed by atoms with Crippen LogP contribution in [-0.2, 0) is 16.1 Å². The van der Waals surface area contributed by atoms with Crippen LogP contribution in [0.25, 0.3) is 22.5 Å². The van der Waals surface area contributed by atoms with Crippen molar-refractivity contribution in [3.8, 4) is 22.5 Å². The van der Waals surface area contributed by atoms with E-state index >= 15 is 0 Å². The summed E-state index contributed by atoms with van der Waals surface area (Å²) in [5.41, 5.74) is 3.04. The lowest BCUT2D eigenvalue weighted by Gasteiger charge is -2.26. The molecule has 0 aliphatic carbocycles. The molecule has 0 spiro atoms. The summed E-state index contributed by atoms with van der Waals surface area (Å²) in [5, 5.41) is 9.23. The molecule has 0 unspecified atom stereocenters. The smallest absolute Gasteiger partial charge is 0.323 e. The number of hydrogen-bond donors (Lipinski definition) is 1. The Labute approximate surface area is 156 Å². The molecular weight excluding hydrogens is 346 g/mol. The standard InChI is InChI=1S/C19H19N5O3/c25-16(26)12-24-13-22-17(14-4-2-1-3-5-14)18(24)15-10-20-19(21-11-15)23-6-8-27-9-7-23/h1-5,10-11,13H,6-9,12H2,(H,25,26). The Balaban J connectivity index is 1.72. The molecule has 0 radical (unpaired) electrons. The number of hydrogen-bond acceptors (Lipinski definition) is 6. The van der Waals surface area contributed by atoms with Gasteiger partial charge in [0.1, 0.15) is 6.54 Å². The molecule has 4 rings (SSSR count). The fourth-order valence-corrected chi connectivity index (χ4v) is 3.13. The van der Waals surface area contributed by atoms with Gasteiger partial charge in [0, 0.05) is 36.6 Å². The maximum atomic E-state index is 11.3. The molecule has 0 amide bonds. The van der Waals surface area contributed by atoms with Crippen molar-refractivity contribution in [1.82, 2.24) is 19.5 Å². The van der Waals surface area contributed by atoms with Crippen molar-refractivity contribution in [2.75, 3.05) is 31.2 Å². The second-order valence-corrected chi connectivity index (χ2v) is 6.20. The van der Waals surface area contributed by atoms with Crippen LogP contribution >= 0.6 is 0 Å². The third kappa shape index (κ3) is 3.65. The maximum Gasteiger partial charge on any atom is 0.323 e. The zero-order valence-electron chi connectivity index (χ0n) is 14.7. The normalized spacial score (nSPS) is 14.3. The molecule has 0 atom stereocenters. The summed E-state index contributed by atoms with van der Waals surface area (Å²) in [7, 11) is 0. The Morgan fingerprint density at radius 3 is 2.41 bits per heavy atom. The van der Waals surface area contributed by atoms with Crippen LogP contribution in [0.1, 0.15) is 0 Å². The first kappa shape index (κ1) is 17.2. The molecule has 1 fully saturated rings. The lowest BCUT2D eigenvalue weighted by atomic mass is 10.1. The summed E-state index contributed by atoms with van der Waals surface area (Å²) in [6.45, 7) is 2.65. The number of anilines is 1. The molecule has 1 aliphatic heterocycles. The molecule has 1 N–H and O–H groups in total. The molecule has 2 aromatic heterocycles. The third-order valence-corrected chi connectivity index (χ3v) is 4.40. The van der Waals surface area contributed by atoms with Crippen LogP contribution in [0.5, 0.6) is 0 Å². The van der Waals surface area contributed by atoms with Crippen molar-refractivity contribution >= 4 is 11.9 Å². The van der Waals surface area contributed by atoms with E-state index < -0.39 is 5.97 Å². The van der Waals surface area contributed by atoms with Gasteiger partial charge >= 0.3 is 5.97 Å². The highest BCUT2D eigenvalue weighted by Crippen LogP contribution is 2.31. The first-order chi connectivity index (χ1) is 13.2. The molecular formula is C19H19N5O3. The van der Waals surface area contributed by atoms with E-state index in [1.54, 1.807) is 23.3 Å². The Bertz CT molecular complexity index is 918. The van der Waals surface area contributed by atoms with Crippen LogP contribution in [0.4, 0.5) is 5.95 Å². The summed E-state index contributed by atoms with van der Waals surface area (Å²) in [6.07, 6.45) is 4.99. The Kier molecular flexibility index (Phi) is 4.80. The number of carboxylic acids is 1. The van der Waals surface area contributed by atoms with Gasteiger partial charge in [-0.2, -0.15) is 0 Å². The first-order valence-electron chi connectivity index (χ1n) is 8.70. The van der Waals surface area contributed by atoms with E-state index in [1.807, 2.05) is 30.3 Å². The van der Waals surface area contributed by atoms with Crippen LogP contribution < -0.4 is 4.90 Å². The Morgan fingerprint density at radius 2 is 1.74 bits per heavy atom. The summed E-state index contributed by atoms with van der Waals surface area (Å²) in [5.74, 6) is -0.285. The number of ether oxygens (including phenoxy) is 1. The topological polar surface area (TPSA) is 93.4 Å². The van der Waals surface area contributed by atoms with Gasteiger partial charge in [-0.05, 0) is 0 Å². The molecule has 3 heterocycles. The van der Waals surface area contributed by atoms with Crippen LogP contribution in [0, 0.1) is 0 Å². The van der Waals surface area contributed by atoms with Gasteiger partial charge in [-0.15, -0.1) is 0 Å². The molecule has 138 valence electrons. The van der Waals surface area contributed by atoms with Gasteiger partial charge in [0.2, 0.25) is 5.95 Å². The first-order valence-corrected chi connectivity index (χ1v) is 8.70. The number of imidazole rings is 1. The molecule has 27 heavy (non-hydrogen) atoms. The van der Waals surface area contributed by atoms with Crippen molar-refractivity contribution in [3.63, 3.8) is 0 Å². The van der Waals surface area contributed by atoms with E-state index in [0.717, 1.165) is 24.2 Å². The van der Waals surface area contributed by atoms with Crippen molar-refractivity contribution in [1.29, 1.82) is 0 Å². The van der Waals surface area contributed by atoms with Gasteiger partial charge < -0.3 is 19.3 Å². The predicted octanol–water partition coefficient (Wildman–Crippen LogP) is 1.93. The lowest BCUT2D eigenvalue weighted by molar-refractivity contribution is -0.137. The third-order valence-electron chi connectivity index (χ3n) is 4.40. The molecule has 8 heteroatoms. The van der Waals surface area contributed by atoms with Crippen molar-refractivity contribution in [2.24, 2.45) is 0 Å². The minimum atomic E-state index is -0.931. The fourth-order valence-electron chi connectivity index (χ4n) is 3.13. The second-order valence-electron chi connectivity index (χ2n) is 6.20. The molecule has 1 aliphatic rings. The van der Waals surface area contributed by atoms with Crippen molar-refractivity contribution in [3.05, 3.63) is 49.1 Å². The van der Waals surface area contributed by atoms with E-state index in [-0.39, 0.29) is 6.54 Å². The fraction of sp³-hybridized carbons (Fsp3) is 0.263. The summed E-state index contributed by atoms with van der Waals surface area (Å²) >= 11 is 0. The van der Waals surface area contributed by atoms with E-state index in [9.17, 15) is 9.90 Å². The number of benzene rings is 1. The zero-order valence-corrected chi connectivity index (χ0v) is 14.7. The van der Waals surface area contributed by atoms with Crippen molar-refractivity contribution in [2.45, 2.75) is 6.54 Å². The van der Waals surface area contributed by atoms with Gasteiger partial charge in [-0.25, -0.2) is 15.0 Å². The number of aliphatic carboxylic acids is 1. The van der Waals surface area contributed by atoms with Gasteiger partial charge in [0.15, 0.2) is 0 Å². The van der Waals surface area contributed by atoms with E-state index in [2.05, 4.69) is 19.9 Å². The van der Waals surface area contributed by atoms with Gasteiger partial charge in [0.05, 0.1) is 30.9 Å². The maximum absolute atomic E-state index is 11.3. The quantitative estimate of drug-likeness (QED) is 0.738. The average molecular weight is 365 g/mol. The Hall–Kier alpha value is -3.26. The number of carbonyl (C=O) groups is 1. The number of nitrogens with zero attached hydrogens (tertiary/aromatic N) is 5. The minimum Gasteiger partial charge on any atom is -0.480 e. The highest BCUT2D eigenvalue weighted by molar-refractivity contribution is 5.79. The minimum absolute atomic E-state index is 0.180.